The third-order valence-electron chi connectivity index (χ3n) is 4.35. The summed E-state index contributed by atoms with van der Waals surface area (Å²) in [5, 5.41) is 4.21. The maximum absolute atomic E-state index is 12.3. The smallest absolute Gasteiger partial charge is 0.311 e. The van der Waals surface area contributed by atoms with E-state index in [2.05, 4.69) is 26.7 Å². The summed E-state index contributed by atoms with van der Waals surface area (Å²) in [6.07, 6.45) is -0.131. The molecule has 0 radical (unpaired) electrons. The number of amides is 3. The molecule has 0 aliphatic carbocycles. The zero-order chi connectivity index (χ0) is 22.5. The maximum Gasteiger partial charge on any atom is 0.311 e. The van der Waals surface area contributed by atoms with Crippen molar-refractivity contribution in [1.29, 1.82) is 0 Å². The third kappa shape index (κ3) is 6.19. The van der Waals surface area contributed by atoms with Crippen molar-refractivity contribution < 1.29 is 23.9 Å². The highest BCUT2D eigenvalue weighted by Gasteiger charge is 2.36. The number of rotatable bonds is 6. The highest BCUT2D eigenvalue weighted by molar-refractivity contribution is 9.10. The first-order chi connectivity index (χ1) is 14.7. The molecule has 0 spiro atoms. The number of halogens is 3. The molecule has 1 heterocycles. The number of carbonyl (C=O) groups is 4. The largest absolute Gasteiger partial charge is 0.455 e. The molecule has 1 saturated heterocycles. The summed E-state index contributed by atoms with van der Waals surface area (Å²) in [4.78, 5) is 48.6. The Morgan fingerprint density at radius 3 is 2.48 bits per heavy atom. The molecule has 2 aromatic rings. The Morgan fingerprint density at radius 1 is 1.10 bits per heavy atom. The molecule has 31 heavy (non-hydrogen) atoms. The zero-order valence-electron chi connectivity index (χ0n) is 15.9. The van der Waals surface area contributed by atoms with Crippen LogP contribution in [0.15, 0.2) is 46.9 Å². The lowest BCUT2D eigenvalue weighted by molar-refractivity contribution is -0.151. The lowest BCUT2D eigenvalue weighted by Gasteiger charge is -2.17. The molecule has 2 N–H and O–H groups in total. The van der Waals surface area contributed by atoms with Gasteiger partial charge in [-0.3, -0.25) is 29.6 Å². The van der Waals surface area contributed by atoms with Crippen molar-refractivity contribution in [2.24, 2.45) is 5.92 Å². The van der Waals surface area contributed by atoms with Gasteiger partial charge in [-0.15, -0.1) is 0 Å². The van der Waals surface area contributed by atoms with Crippen LogP contribution in [-0.4, -0.2) is 41.9 Å². The number of hydrazine groups is 1. The van der Waals surface area contributed by atoms with Crippen LogP contribution in [0.2, 0.25) is 10.0 Å². The molecule has 8 nitrogen and oxygen atoms in total. The van der Waals surface area contributed by atoms with E-state index >= 15 is 0 Å². The molecule has 3 amide bonds. The number of carbonyl (C=O) groups excluding carboxylic acids is 4. The van der Waals surface area contributed by atoms with Gasteiger partial charge in [0.1, 0.15) is 0 Å². The first-order valence-electron chi connectivity index (χ1n) is 9.01. The molecule has 0 aromatic heterocycles. The van der Waals surface area contributed by atoms with Crippen LogP contribution in [0.1, 0.15) is 16.8 Å². The lowest BCUT2D eigenvalue weighted by Crippen LogP contribution is -2.43. The Labute approximate surface area is 195 Å². The molecule has 2 aromatic carbocycles. The second-order valence-corrected chi connectivity index (χ2v) is 8.37. The maximum atomic E-state index is 12.3. The van der Waals surface area contributed by atoms with E-state index in [1.54, 1.807) is 30.3 Å². The monoisotopic (exact) mass is 527 g/mol. The molecule has 1 aliphatic rings. The van der Waals surface area contributed by atoms with Crippen molar-refractivity contribution in [3.63, 3.8) is 0 Å². The van der Waals surface area contributed by atoms with Crippen LogP contribution in [0.4, 0.5) is 5.69 Å². The summed E-state index contributed by atoms with van der Waals surface area (Å²) in [7, 11) is 0. The summed E-state index contributed by atoms with van der Waals surface area (Å²) >= 11 is 15.0. The van der Waals surface area contributed by atoms with Crippen LogP contribution < -0.4 is 10.7 Å². The second kappa shape index (κ2) is 10.1. The fourth-order valence-electron chi connectivity index (χ4n) is 2.79. The van der Waals surface area contributed by atoms with Crippen molar-refractivity contribution in [2.75, 3.05) is 18.5 Å². The van der Waals surface area contributed by atoms with E-state index < -0.39 is 36.2 Å². The lowest BCUT2D eigenvalue weighted by atomic mass is 10.1. The zero-order valence-corrected chi connectivity index (χ0v) is 19.0. The predicted octanol–water partition coefficient (Wildman–Crippen LogP) is 3.43. The second-order valence-electron chi connectivity index (χ2n) is 6.64. The number of nitrogens with one attached hydrogen (secondary N) is 2. The van der Waals surface area contributed by atoms with Gasteiger partial charge in [0.15, 0.2) is 6.61 Å². The number of esters is 1. The van der Waals surface area contributed by atoms with Crippen molar-refractivity contribution >= 4 is 68.5 Å². The molecular formula is C20H16BrCl2N3O5. The summed E-state index contributed by atoms with van der Waals surface area (Å²) in [5.41, 5.74) is 3.23. The number of benzene rings is 2. The van der Waals surface area contributed by atoms with Gasteiger partial charge in [-0.1, -0.05) is 39.1 Å². The minimum absolute atomic E-state index is 0.0473. The SMILES string of the molecule is O=C(COC(=O)[C@@H]1CC(=O)N(NC(=O)c2ccc(Br)cc2)C1)Nc1ccc(Cl)c(Cl)c1. The van der Waals surface area contributed by atoms with Gasteiger partial charge in [-0.05, 0) is 42.5 Å². The van der Waals surface area contributed by atoms with E-state index in [4.69, 9.17) is 27.9 Å². The van der Waals surface area contributed by atoms with Gasteiger partial charge in [-0.2, -0.15) is 0 Å². The Bertz CT molecular complexity index is 1030. The van der Waals surface area contributed by atoms with E-state index in [0.29, 0.717) is 16.3 Å². The number of anilines is 1. The molecule has 0 bridgehead atoms. The van der Waals surface area contributed by atoms with Gasteiger partial charge in [0.25, 0.3) is 11.8 Å². The Kier molecular flexibility index (Phi) is 7.53. The van der Waals surface area contributed by atoms with E-state index in [9.17, 15) is 19.2 Å². The number of hydrogen-bond donors (Lipinski definition) is 2. The van der Waals surface area contributed by atoms with Crippen LogP contribution in [0.3, 0.4) is 0 Å². The van der Waals surface area contributed by atoms with E-state index in [-0.39, 0.29) is 18.0 Å². The third-order valence-corrected chi connectivity index (χ3v) is 5.62. The van der Waals surface area contributed by atoms with Crippen LogP contribution in [0.25, 0.3) is 0 Å². The van der Waals surface area contributed by atoms with Crippen molar-refractivity contribution in [3.8, 4) is 0 Å². The average molecular weight is 529 g/mol. The Balaban J connectivity index is 1.48. The molecule has 1 aliphatic heterocycles. The topological polar surface area (TPSA) is 105 Å². The van der Waals surface area contributed by atoms with Gasteiger partial charge in [0.05, 0.1) is 22.5 Å². The summed E-state index contributed by atoms with van der Waals surface area (Å²) in [5.74, 6) is -2.98. The standard InChI is InChI=1S/C20H16BrCl2N3O5/c21-13-3-1-11(2-4-13)19(29)25-26-9-12(7-18(26)28)20(30)31-10-17(27)24-14-5-6-15(22)16(23)8-14/h1-6,8,12H,7,9-10H2,(H,24,27)(H,25,29)/t12-/m1/s1. The predicted molar refractivity (Wildman–Crippen MR) is 117 cm³/mol. The van der Waals surface area contributed by atoms with Gasteiger partial charge >= 0.3 is 5.97 Å². The number of hydrogen-bond acceptors (Lipinski definition) is 5. The summed E-state index contributed by atoms with van der Waals surface area (Å²) in [6.45, 7) is -0.580. The van der Waals surface area contributed by atoms with Gasteiger partial charge < -0.3 is 10.1 Å². The normalized spacial score (nSPS) is 15.5. The quantitative estimate of drug-likeness (QED) is 0.559. The van der Waals surface area contributed by atoms with Crippen LogP contribution in [0, 0.1) is 5.92 Å². The first kappa shape index (κ1) is 23.1. The molecule has 1 fully saturated rings. The fourth-order valence-corrected chi connectivity index (χ4v) is 3.35. The van der Waals surface area contributed by atoms with Crippen LogP contribution in [-0.2, 0) is 19.1 Å². The molecule has 162 valence electrons. The van der Waals surface area contributed by atoms with Crippen molar-refractivity contribution in [3.05, 3.63) is 62.5 Å². The molecule has 11 heteroatoms. The molecule has 1 atom stereocenters. The van der Waals surface area contributed by atoms with Gasteiger partial charge in [-0.25, -0.2) is 0 Å². The minimum Gasteiger partial charge on any atom is -0.455 e. The molecule has 3 rings (SSSR count). The number of ether oxygens (including phenoxy) is 1. The Morgan fingerprint density at radius 2 is 1.81 bits per heavy atom. The van der Waals surface area contributed by atoms with Crippen LogP contribution in [0.5, 0.6) is 0 Å². The first-order valence-corrected chi connectivity index (χ1v) is 10.6. The molecular weight excluding hydrogens is 513 g/mol. The fraction of sp³-hybridized carbons (Fsp3) is 0.200. The van der Waals surface area contributed by atoms with Gasteiger partial charge in [0.2, 0.25) is 5.91 Å². The summed E-state index contributed by atoms with van der Waals surface area (Å²) < 4.78 is 5.82. The summed E-state index contributed by atoms with van der Waals surface area (Å²) in [6, 6.07) is 11.1. The number of nitrogens with zero attached hydrogens (tertiary/aromatic N) is 1. The van der Waals surface area contributed by atoms with Crippen LogP contribution >= 0.6 is 39.1 Å². The van der Waals surface area contributed by atoms with Crippen molar-refractivity contribution in [2.45, 2.75) is 6.42 Å². The highest BCUT2D eigenvalue weighted by atomic mass is 79.9. The average Bonchev–Trinajstić information content (AvgIpc) is 3.10. The van der Waals surface area contributed by atoms with E-state index in [1.165, 1.54) is 12.1 Å². The molecule has 0 saturated carbocycles. The van der Waals surface area contributed by atoms with Crippen molar-refractivity contribution in [1.82, 2.24) is 10.4 Å². The Hall–Kier alpha value is -2.62. The highest BCUT2D eigenvalue weighted by Crippen LogP contribution is 2.25. The van der Waals surface area contributed by atoms with Gasteiger partial charge in [0, 0.05) is 22.1 Å². The minimum atomic E-state index is -0.796. The molecule has 0 unspecified atom stereocenters. The van der Waals surface area contributed by atoms with E-state index in [1.807, 2.05) is 0 Å². The van der Waals surface area contributed by atoms with E-state index in [0.717, 1.165) is 9.48 Å².